The maximum Gasteiger partial charge on any atom is 0.328 e. The number of nitrogens with one attached hydrogen (secondary N) is 1. The smallest absolute Gasteiger partial charge is 0.328 e. The molecule has 7 rings (SSSR count). The average Bonchev–Trinajstić information content (AvgIpc) is 3.75. The maximum atomic E-state index is 13.3. The van der Waals surface area contributed by atoms with E-state index in [1.807, 2.05) is 0 Å². The Bertz CT molecular complexity index is 1300. The van der Waals surface area contributed by atoms with Crippen molar-refractivity contribution in [2.24, 2.45) is 0 Å². The van der Waals surface area contributed by atoms with Gasteiger partial charge in [-0.2, -0.15) is 0 Å². The summed E-state index contributed by atoms with van der Waals surface area (Å²) in [6.45, 7) is 4.14. The zero-order chi connectivity index (χ0) is 29.8. The molecule has 13 nitrogen and oxygen atoms in total. The second-order valence-electron chi connectivity index (χ2n) is 12.9. The Balaban J connectivity index is 1.16. The van der Waals surface area contributed by atoms with Gasteiger partial charge in [0.25, 0.3) is 5.56 Å². The molecule has 7 atom stereocenters. The van der Waals surface area contributed by atoms with Crippen molar-refractivity contribution in [3.63, 3.8) is 0 Å². The summed E-state index contributed by atoms with van der Waals surface area (Å²) in [5.41, 5.74) is -0.562. The second-order valence-corrected chi connectivity index (χ2v) is 12.9. The van der Waals surface area contributed by atoms with Crippen molar-refractivity contribution < 1.29 is 38.1 Å². The number of aromatic nitrogens is 2. The Morgan fingerprint density at radius 2 is 1.67 bits per heavy atom. The number of carbonyl (C=O) groups excluding carboxylic acids is 1. The Morgan fingerprint density at radius 1 is 0.977 bits per heavy atom. The van der Waals surface area contributed by atoms with Crippen LogP contribution >= 0.6 is 0 Å². The van der Waals surface area contributed by atoms with Crippen LogP contribution in [0.15, 0.2) is 15.8 Å². The number of nitrogens with zero attached hydrogens (tertiary/aromatic N) is 2. The first kappa shape index (κ1) is 29.6. The summed E-state index contributed by atoms with van der Waals surface area (Å²) in [6, 6.07) is -0.786. The van der Waals surface area contributed by atoms with Crippen LogP contribution in [-0.4, -0.2) is 88.2 Å². The van der Waals surface area contributed by atoms with Crippen molar-refractivity contribution in [2.45, 2.75) is 145 Å². The Labute approximate surface area is 250 Å². The topological polar surface area (TPSA) is 140 Å². The number of rotatable bonds is 6. The van der Waals surface area contributed by atoms with Crippen LogP contribution in [0.2, 0.25) is 0 Å². The Morgan fingerprint density at radius 3 is 2.40 bits per heavy atom. The van der Waals surface area contributed by atoms with Crippen molar-refractivity contribution >= 4 is 5.97 Å². The minimum Gasteiger partial charge on any atom is -0.465 e. The van der Waals surface area contributed by atoms with Gasteiger partial charge >= 0.3 is 11.7 Å². The molecule has 0 aromatic carbocycles. The van der Waals surface area contributed by atoms with Gasteiger partial charge in [-0.3, -0.25) is 24.0 Å². The van der Waals surface area contributed by atoms with Gasteiger partial charge in [0.1, 0.15) is 30.5 Å². The lowest BCUT2D eigenvalue weighted by molar-refractivity contribution is -0.300. The zero-order valence-corrected chi connectivity index (χ0v) is 25.0. The molecule has 13 heteroatoms. The molecule has 0 unspecified atom stereocenters. The zero-order valence-electron chi connectivity index (χ0n) is 25.0. The van der Waals surface area contributed by atoms with Crippen LogP contribution in [-0.2, 0) is 44.6 Å². The standard InChI is InChI=1S/C30H43N3O10/c1-3-37-27(35)20-14-19(16-32-15-18(2)25(34)31-28(32)36)43-33(20)26-24-23(41-30(42-24)12-8-5-9-13-30)22(39-26)21-17-38-29(40-21)10-6-4-7-11-29/h15,19-24,26H,3-14,16-17H2,1-2H3,(H,31,34,36)/t19-,20-,21-,22-,23+,24+,26+/m1/s1. The van der Waals surface area contributed by atoms with E-state index >= 15 is 0 Å². The quantitative estimate of drug-likeness (QED) is 0.477. The molecule has 43 heavy (non-hydrogen) atoms. The summed E-state index contributed by atoms with van der Waals surface area (Å²) < 4.78 is 39.9. The van der Waals surface area contributed by atoms with Gasteiger partial charge < -0.3 is 28.4 Å². The lowest BCUT2D eigenvalue weighted by Gasteiger charge is -2.36. The number of fused-ring (bicyclic) bond motifs is 1. The van der Waals surface area contributed by atoms with Gasteiger partial charge in [-0.15, -0.1) is 5.06 Å². The summed E-state index contributed by atoms with van der Waals surface area (Å²) >= 11 is 0. The lowest BCUT2D eigenvalue weighted by Crippen LogP contribution is -2.49. The highest BCUT2D eigenvalue weighted by Crippen LogP contribution is 2.50. The van der Waals surface area contributed by atoms with E-state index in [-0.39, 0.29) is 25.7 Å². The van der Waals surface area contributed by atoms with Crippen molar-refractivity contribution in [3.05, 3.63) is 32.6 Å². The van der Waals surface area contributed by atoms with Gasteiger partial charge in [0.05, 0.1) is 25.9 Å². The molecule has 0 amide bonds. The molecule has 6 aliphatic rings. The van der Waals surface area contributed by atoms with Gasteiger partial charge in [-0.05, 0) is 39.5 Å². The average molecular weight is 606 g/mol. The summed E-state index contributed by atoms with van der Waals surface area (Å²) in [5.74, 6) is -1.71. The summed E-state index contributed by atoms with van der Waals surface area (Å²) in [6.07, 6.45) is 8.48. The number of hydroxylamine groups is 2. The molecule has 5 heterocycles. The molecule has 0 radical (unpaired) electrons. The van der Waals surface area contributed by atoms with Crippen LogP contribution in [0.4, 0.5) is 0 Å². The van der Waals surface area contributed by atoms with Gasteiger partial charge in [-0.1, -0.05) is 12.8 Å². The fourth-order valence-electron chi connectivity index (χ4n) is 7.77. The van der Waals surface area contributed by atoms with Crippen molar-refractivity contribution in [3.8, 4) is 0 Å². The summed E-state index contributed by atoms with van der Waals surface area (Å²) in [5, 5.41) is 1.56. The normalized spacial score (nSPS) is 36.8. The van der Waals surface area contributed by atoms with E-state index in [0.717, 1.165) is 57.8 Å². The monoisotopic (exact) mass is 605 g/mol. The van der Waals surface area contributed by atoms with Crippen molar-refractivity contribution in [2.75, 3.05) is 13.2 Å². The highest BCUT2D eigenvalue weighted by Gasteiger charge is 2.65. The summed E-state index contributed by atoms with van der Waals surface area (Å²) in [4.78, 5) is 46.5. The first-order valence-corrected chi connectivity index (χ1v) is 16.0. The number of carbonyl (C=O) groups is 1. The minimum atomic E-state index is -0.786. The highest BCUT2D eigenvalue weighted by atomic mass is 16.8. The molecular weight excluding hydrogens is 562 g/mol. The SMILES string of the molecule is CCOC(=O)[C@H]1C[C@H](Cn2cc(C)c(=O)[nH]c2=O)ON1[C@H]1O[C@H]([C@H]2COC3(CCCCC3)O2)[C@@H]2OC3(CCCCC3)O[C@@H]21. The molecule has 6 fully saturated rings. The molecule has 2 aliphatic carbocycles. The van der Waals surface area contributed by atoms with E-state index in [1.165, 1.54) is 17.2 Å². The van der Waals surface area contributed by atoms with Crippen LogP contribution in [0.5, 0.6) is 0 Å². The third-order valence-corrected chi connectivity index (χ3v) is 9.86. The van der Waals surface area contributed by atoms with E-state index in [9.17, 15) is 14.4 Å². The van der Waals surface area contributed by atoms with Gasteiger partial charge in [0.15, 0.2) is 17.8 Å². The predicted molar refractivity (Wildman–Crippen MR) is 149 cm³/mol. The van der Waals surface area contributed by atoms with Crippen molar-refractivity contribution in [1.29, 1.82) is 0 Å². The van der Waals surface area contributed by atoms with E-state index < -0.39 is 65.5 Å². The van der Waals surface area contributed by atoms with E-state index in [4.69, 9.17) is 33.3 Å². The number of H-pyrrole nitrogens is 1. The van der Waals surface area contributed by atoms with Crippen molar-refractivity contribution in [1.82, 2.24) is 14.6 Å². The first-order chi connectivity index (χ1) is 20.8. The second kappa shape index (κ2) is 11.7. The minimum absolute atomic E-state index is 0.135. The van der Waals surface area contributed by atoms with Crippen LogP contribution in [0.25, 0.3) is 0 Å². The number of aromatic amines is 1. The van der Waals surface area contributed by atoms with Gasteiger partial charge in [-0.25, -0.2) is 4.79 Å². The molecule has 0 bridgehead atoms. The molecule has 1 aromatic heterocycles. The highest BCUT2D eigenvalue weighted by molar-refractivity contribution is 5.76. The van der Waals surface area contributed by atoms with Gasteiger partial charge in [0.2, 0.25) is 0 Å². The molecule has 2 spiro atoms. The molecule has 1 aromatic rings. The van der Waals surface area contributed by atoms with Crippen LogP contribution in [0.1, 0.15) is 83.1 Å². The molecule has 4 saturated heterocycles. The molecule has 238 valence electrons. The molecule has 1 N–H and O–H groups in total. The number of esters is 1. The molecule has 4 aliphatic heterocycles. The number of aryl methyl sites for hydroxylation is 1. The fourth-order valence-corrected chi connectivity index (χ4v) is 7.77. The van der Waals surface area contributed by atoms with E-state index in [1.54, 1.807) is 18.9 Å². The fraction of sp³-hybridized carbons (Fsp3) is 0.833. The Kier molecular flexibility index (Phi) is 8.02. The van der Waals surface area contributed by atoms with Crippen LogP contribution < -0.4 is 11.2 Å². The van der Waals surface area contributed by atoms with E-state index in [2.05, 4.69) is 4.98 Å². The lowest BCUT2D eigenvalue weighted by atomic mass is 9.94. The molecule has 2 saturated carbocycles. The van der Waals surface area contributed by atoms with E-state index in [0.29, 0.717) is 12.2 Å². The van der Waals surface area contributed by atoms with Crippen LogP contribution in [0.3, 0.4) is 0 Å². The van der Waals surface area contributed by atoms with Gasteiger partial charge in [0, 0.05) is 43.9 Å². The Hall–Kier alpha value is -2.13. The predicted octanol–water partition coefficient (Wildman–Crippen LogP) is 2.03. The number of hydrogen-bond donors (Lipinski definition) is 1. The third kappa shape index (κ3) is 5.51. The largest absolute Gasteiger partial charge is 0.465 e. The number of ether oxygens (including phenoxy) is 6. The third-order valence-electron chi connectivity index (χ3n) is 9.86. The maximum absolute atomic E-state index is 13.3. The molecular formula is C30H43N3O10. The number of hydrogen-bond acceptors (Lipinski definition) is 11. The van der Waals surface area contributed by atoms with Crippen LogP contribution in [0, 0.1) is 6.92 Å². The summed E-state index contributed by atoms with van der Waals surface area (Å²) in [7, 11) is 0. The first-order valence-electron chi connectivity index (χ1n) is 16.0.